The van der Waals surface area contributed by atoms with Crippen LogP contribution in [0.4, 0.5) is 0 Å². The van der Waals surface area contributed by atoms with Crippen molar-refractivity contribution in [1.29, 1.82) is 0 Å². The van der Waals surface area contributed by atoms with E-state index in [9.17, 15) is 4.79 Å². The van der Waals surface area contributed by atoms with Gasteiger partial charge in [0, 0.05) is 23.3 Å². The van der Waals surface area contributed by atoms with Gasteiger partial charge in [0.1, 0.15) is 5.82 Å². The lowest BCUT2D eigenvalue weighted by atomic mass is 10.1. The van der Waals surface area contributed by atoms with Gasteiger partial charge in [0.25, 0.3) is 0 Å². The third-order valence-corrected chi connectivity index (χ3v) is 3.98. The van der Waals surface area contributed by atoms with Crippen molar-refractivity contribution in [2.45, 2.75) is 13.0 Å². The number of aromatic nitrogens is 3. The number of amides is 1. The molecule has 0 saturated carbocycles. The van der Waals surface area contributed by atoms with E-state index in [1.807, 2.05) is 59.3 Å². The smallest absolute Gasteiger partial charge is 0.224 e. The summed E-state index contributed by atoms with van der Waals surface area (Å²) in [6.45, 7) is 0.416. The zero-order valence-corrected chi connectivity index (χ0v) is 12.5. The van der Waals surface area contributed by atoms with Crippen molar-refractivity contribution in [3.63, 3.8) is 0 Å². The number of benzene rings is 1. The number of imidazole rings is 1. The zero-order valence-electron chi connectivity index (χ0n) is 12.5. The maximum absolute atomic E-state index is 12.2. The van der Waals surface area contributed by atoms with Gasteiger partial charge in [-0.05, 0) is 23.8 Å². The van der Waals surface area contributed by atoms with E-state index in [2.05, 4.69) is 15.3 Å². The molecule has 0 spiro atoms. The van der Waals surface area contributed by atoms with E-state index in [4.69, 9.17) is 0 Å². The average Bonchev–Trinajstić information content (AvgIpc) is 3.18. The van der Waals surface area contributed by atoms with Crippen LogP contribution < -0.4 is 5.32 Å². The van der Waals surface area contributed by atoms with Gasteiger partial charge < -0.3 is 14.7 Å². The third kappa shape index (κ3) is 2.57. The molecule has 0 aliphatic heterocycles. The van der Waals surface area contributed by atoms with Crippen molar-refractivity contribution in [3.05, 3.63) is 72.4 Å². The van der Waals surface area contributed by atoms with Gasteiger partial charge in [-0.25, -0.2) is 4.98 Å². The normalized spacial score (nSPS) is 11.1. The number of hydrogen-bond donors (Lipinski definition) is 2. The van der Waals surface area contributed by atoms with Gasteiger partial charge in [-0.15, -0.1) is 0 Å². The monoisotopic (exact) mass is 304 g/mol. The van der Waals surface area contributed by atoms with E-state index in [1.54, 1.807) is 6.20 Å². The Morgan fingerprint density at radius 3 is 3.00 bits per heavy atom. The van der Waals surface area contributed by atoms with Crippen LogP contribution in [0.1, 0.15) is 11.4 Å². The Morgan fingerprint density at radius 2 is 2.04 bits per heavy atom. The first-order chi connectivity index (χ1) is 11.3. The number of H-pyrrole nitrogens is 1. The molecule has 0 atom stereocenters. The number of fused-ring (bicyclic) bond motifs is 2. The standard InChI is InChI=1S/C18H16N4O/c23-18(9-13-10-19-16-7-2-1-6-15(13)16)21-12-17-20-11-14-5-3-4-8-22(14)17/h1-8,10-11,19H,9,12H2,(H,21,23). The average molecular weight is 304 g/mol. The van der Waals surface area contributed by atoms with Crippen LogP contribution in [0, 0.1) is 0 Å². The molecule has 0 unspecified atom stereocenters. The highest BCUT2D eigenvalue weighted by atomic mass is 16.1. The fraction of sp³-hybridized carbons (Fsp3) is 0.111. The van der Waals surface area contributed by atoms with Crippen molar-refractivity contribution in [2.24, 2.45) is 0 Å². The molecule has 114 valence electrons. The highest BCUT2D eigenvalue weighted by Crippen LogP contribution is 2.18. The number of carbonyl (C=O) groups is 1. The summed E-state index contributed by atoms with van der Waals surface area (Å²) in [5.74, 6) is 0.815. The van der Waals surface area contributed by atoms with E-state index in [0.29, 0.717) is 13.0 Å². The van der Waals surface area contributed by atoms with Crippen LogP contribution in [0.15, 0.2) is 61.1 Å². The molecule has 2 N–H and O–H groups in total. The maximum Gasteiger partial charge on any atom is 0.224 e. The first-order valence-electron chi connectivity index (χ1n) is 7.54. The van der Waals surface area contributed by atoms with Crippen LogP contribution in [-0.4, -0.2) is 20.3 Å². The van der Waals surface area contributed by atoms with E-state index in [1.165, 1.54) is 0 Å². The molecule has 4 rings (SSSR count). The second-order valence-corrected chi connectivity index (χ2v) is 5.48. The molecule has 0 saturated heterocycles. The second-order valence-electron chi connectivity index (χ2n) is 5.48. The molecule has 4 aromatic rings. The van der Waals surface area contributed by atoms with E-state index in [-0.39, 0.29) is 5.91 Å². The Kier molecular flexibility index (Phi) is 3.31. The topological polar surface area (TPSA) is 62.2 Å². The summed E-state index contributed by atoms with van der Waals surface area (Å²) >= 11 is 0. The van der Waals surface area contributed by atoms with Gasteiger partial charge in [-0.2, -0.15) is 0 Å². The number of pyridine rings is 1. The summed E-state index contributed by atoms with van der Waals surface area (Å²) < 4.78 is 1.98. The SMILES string of the molecule is O=C(Cc1c[nH]c2ccccc12)NCc1ncc2ccccn12. The van der Waals surface area contributed by atoms with Crippen molar-refractivity contribution in [1.82, 2.24) is 19.7 Å². The summed E-state index contributed by atoms with van der Waals surface area (Å²) in [6, 6.07) is 13.9. The molecule has 1 aromatic carbocycles. The van der Waals surface area contributed by atoms with Crippen LogP contribution in [0.25, 0.3) is 16.4 Å². The van der Waals surface area contributed by atoms with Gasteiger partial charge in [0.2, 0.25) is 5.91 Å². The van der Waals surface area contributed by atoms with Crippen LogP contribution in [-0.2, 0) is 17.8 Å². The summed E-state index contributed by atoms with van der Waals surface area (Å²) in [5, 5.41) is 4.04. The van der Waals surface area contributed by atoms with E-state index in [0.717, 1.165) is 27.8 Å². The molecule has 23 heavy (non-hydrogen) atoms. The Balaban J connectivity index is 1.46. The summed E-state index contributed by atoms with van der Waals surface area (Å²) in [7, 11) is 0. The molecular formula is C18H16N4O. The molecule has 1 amide bonds. The van der Waals surface area contributed by atoms with Crippen molar-refractivity contribution < 1.29 is 4.79 Å². The Morgan fingerprint density at radius 1 is 1.17 bits per heavy atom. The van der Waals surface area contributed by atoms with Crippen LogP contribution >= 0.6 is 0 Å². The molecule has 0 aliphatic carbocycles. The third-order valence-electron chi connectivity index (χ3n) is 3.98. The van der Waals surface area contributed by atoms with Gasteiger partial charge >= 0.3 is 0 Å². The molecule has 5 nitrogen and oxygen atoms in total. The summed E-state index contributed by atoms with van der Waals surface area (Å²) in [6.07, 6.45) is 6.01. The Labute approximate surface area is 133 Å². The van der Waals surface area contributed by atoms with E-state index < -0.39 is 0 Å². The molecule has 3 aromatic heterocycles. The minimum atomic E-state index is -0.0116. The maximum atomic E-state index is 12.2. The van der Waals surface area contributed by atoms with Crippen molar-refractivity contribution >= 4 is 22.3 Å². The molecule has 0 aliphatic rings. The molecular weight excluding hydrogens is 288 g/mol. The molecule has 0 bridgehead atoms. The van der Waals surface area contributed by atoms with Gasteiger partial charge in [0.15, 0.2) is 0 Å². The lowest BCUT2D eigenvalue weighted by Gasteiger charge is -2.04. The van der Waals surface area contributed by atoms with Crippen LogP contribution in [0.2, 0.25) is 0 Å². The number of nitrogens with zero attached hydrogens (tertiary/aromatic N) is 2. The highest BCUT2D eigenvalue weighted by molar-refractivity contribution is 5.88. The Hall–Kier alpha value is -3.08. The number of carbonyl (C=O) groups excluding carboxylic acids is 1. The number of rotatable bonds is 4. The molecule has 0 fully saturated rings. The lowest BCUT2D eigenvalue weighted by molar-refractivity contribution is -0.120. The largest absolute Gasteiger partial charge is 0.361 e. The molecule has 0 radical (unpaired) electrons. The predicted octanol–water partition coefficient (Wildman–Crippen LogP) is 2.67. The van der Waals surface area contributed by atoms with Gasteiger partial charge in [-0.3, -0.25) is 4.79 Å². The van der Waals surface area contributed by atoms with Crippen LogP contribution in [0.3, 0.4) is 0 Å². The lowest BCUT2D eigenvalue weighted by Crippen LogP contribution is -2.25. The molecule has 3 heterocycles. The molecule has 5 heteroatoms. The number of aromatic amines is 1. The second kappa shape index (κ2) is 5.61. The fourth-order valence-corrected chi connectivity index (χ4v) is 2.82. The van der Waals surface area contributed by atoms with Crippen LogP contribution in [0.5, 0.6) is 0 Å². The first kappa shape index (κ1) is 13.6. The Bertz CT molecular complexity index is 983. The minimum absolute atomic E-state index is 0.0116. The van der Waals surface area contributed by atoms with Crippen molar-refractivity contribution in [3.8, 4) is 0 Å². The zero-order chi connectivity index (χ0) is 15.6. The van der Waals surface area contributed by atoms with E-state index >= 15 is 0 Å². The van der Waals surface area contributed by atoms with Gasteiger partial charge in [-0.1, -0.05) is 24.3 Å². The predicted molar refractivity (Wildman–Crippen MR) is 89.0 cm³/mol. The summed E-state index contributed by atoms with van der Waals surface area (Å²) in [4.78, 5) is 19.8. The van der Waals surface area contributed by atoms with Gasteiger partial charge in [0.05, 0.1) is 24.7 Å². The number of para-hydroxylation sites is 1. The highest BCUT2D eigenvalue weighted by Gasteiger charge is 2.09. The first-order valence-corrected chi connectivity index (χ1v) is 7.54. The minimum Gasteiger partial charge on any atom is -0.361 e. The fourth-order valence-electron chi connectivity index (χ4n) is 2.82. The van der Waals surface area contributed by atoms with Crippen molar-refractivity contribution in [2.75, 3.05) is 0 Å². The quantitative estimate of drug-likeness (QED) is 0.609. The summed E-state index contributed by atoms with van der Waals surface area (Å²) in [5.41, 5.74) is 3.08. The number of nitrogens with one attached hydrogen (secondary N) is 2. The number of hydrogen-bond acceptors (Lipinski definition) is 2.